The molecule has 1 unspecified atom stereocenters. The van der Waals surface area contributed by atoms with E-state index in [0.29, 0.717) is 24.8 Å². The molecule has 0 saturated carbocycles. The predicted molar refractivity (Wildman–Crippen MR) is 109 cm³/mol. The van der Waals surface area contributed by atoms with Gasteiger partial charge >= 0.3 is 0 Å². The molecule has 3 atom stereocenters. The van der Waals surface area contributed by atoms with Crippen molar-refractivity contribution in [2.75, 3.05) is 6.61 Å². The van der Waals surface area contributed by atoms with Gasteiger partial charge in [-0.1, -0.05) is 49.7 Å². The van der Waals surface area contributed by atoms with E-state index < -0.39 is 6.10 Å². The van der Waals surface area contributed by atoms with Crippen molar-refractivity contribution in [3.05, 3.63) is 70.3 Å². The van der Waals surface area contributed by atoms with Gasteiger partial charge in [0.2, 0.25) is 0 Å². The summed E-state index contributed by atoms with van der Waals surface area (Å²) in [6, 6.07) is 16.7. The first-order valence-electron chi connectivity index (χ1n) is 10.2. The van der Waals surface area contributed by atoms with Crippen LogP contribution in [0.2, 0.25) is 0 Å². The maximum Gasteiger partial charge on any atom is 0.0994 e. The topological polar surface area (TPSA) is 73.5 Å². The number of aliphatic hydroxyl groups is 2. The van der Waals surface area contributed by atoms with Gasteiger partial charge in [-0.05, 0) is 47.6 Å². The molecule has 0 bridgehead atoms. The Morgan fingerprint density at radius 3 is 2.54 bits per heavy atom. The highest BCUT2D eigenvalue weighted by atomic mass is 16.5. The highest BCUT2D eigenvalue weighted by Crippen LogP contribution is 2.32. The Hall–Kier alpha value is -2.19. The molecular weight excluding hydrogens is 350 g/mol. The van der Waals surface area contributed by atoms with Crippen LogP contribution in [0.3, 0.4) is 0 Å². The van der Waals surface area contributed by atoms with Gasteiger partial charge in [-0.2, -0.15) is 5.26 Å². The van der Waals surface area contributed by atoms with Crippen LogP contribution in [0, 0.1) is 11.3 Å². The molecule has 4 nitrogen and oxygen atoms in total. The van der Waals surface area contributed by atoms with E-state index >= 15 is 0 Å². The maximum absolute atomic E-state index is 10.1. The molecule has 1 saturated heterocycles. The van der Waals surface area contributed by atoms with Gasteiger partial charge in [0.25, 0.3) is 0 Å². The number of ether oxygens (including phenoxy) is 1. The molecular formula is C24H29NO3. The fourth-order valence-corrected chi connectivity index (χ4v) is 3.82. The van der Waals surface area contributed by atoms with Crippen LogP contribution in [0.15, 0.2) is 42.5 Å². The Bertz CT molecular complexity index is 810. The monoisotopic (exact) mass is 379 g/mol. The minimum absolute atomic E-state index is 0.0962. The van der Waals surface area contributed by atoms with E-state index in [1.807, 2.05) is 18.2 Å². The molecule has 1 fully saturated rings. The normalized spacial score (nSPS) is 22.0. The second kappa shape index (κ2) is 9.84. The second-order valence-electron chi connectivity index (χ2n) is 7.68. The molecule has 148 valence electrons. The summed E-state index contributed by atoms with van der Waals surface area (Å²) in [4.78, 5) is 0. The van der Waals surface area contributed by atoms with Crippen LogP contribution >= 0.6 is 0 Å². The number of hydrogen-bond acceptors (Lipinski definition) is 4. The van der Waals surface area contributed by atoms with Crippen molar-refractivity contribution in [1.29, 1.82) is 5.26 Å². The van der Waals surface area contributed by atoms with Gasteiger partial charge in [0, 0.05) is 12.8 Å². The zero-order chi connectivity index (χ0) is 19.9. The number of benzene rings is 2. The number of rotatable bonds is 7. The van der Waals surface area contributed by atoms with E-state index in [-0.39, 0.29) is 18.8 Å². The van der Waals surface area contributed by atoms with Gasteiger partial charge in [-0.15, -0.1) is 0 Å². The van der Waals surface area contributed by atoms with Crippen molar-refractivity contribution in [3.8, 4) is 6.07 Å². The lowest BCUT2D eigenvalue weighted by Gasteiger charge is -2.32. The summed E-state index contributed by atoms with van der Waals surface area (Å²) in [6.45, 7) is 2.10. The van der Waals surface area contributed by atoms with Crippen LogP contribution < -0.4 is 0 Å². The molecule has 2 aromatic rings. The Morgan fingerprint density at radius 2 is 1.86 bits per heavy atom. The third kappa shape index (κ3) is 5.20. The first-order chi connectivity index (χ1) is 13.6. The average Bonchev–Trinajstić information content (AvgIpc) is 2.72. The van der Waals surface area contributed by atoms with Gasteiger partial charge in [0.1, 0.15) is 0 Å². The van der Waals surface area contributed by atoms with Gasteiger partial charge in [-0.25, -0.2) is 0 Å². The second-order valence-corrected chi connectivity index (χ2v) is 7.68. The van der Waals surface area contributed by atoms with E-state index in [1.165, 1.54) is 24.0 Å². The molecule has 1 aliphatic rings. The van der Waals surface area contributed by atoms with Crippen molar-refractivity contribution in [3.63, 3.8) is 0 Å². The van der Waals surface area contributed by atoms with E-state index in [9.17, 15) is 15.5 Å². The van der Waals surface area contributed by atoms with Crippen molar-refractivity contribution in [2.24, 2.45) is 0 Å². The Labute approximate surface area is 167 Å². The van der Waals surface area contributed by atoms with Gasteiger partial charge < -0.3 is 14.9 Å². The van der Waals surface area contributed by atoms with Gasteiger partial charge in [0.05, 0.1) is 36.6 Å². The standard InChI is InChI=1S/C24H29NO3/c1-2-3-4-17-5-7-18(8-6-17)11-21-12-19(9-10-20(21)15-25)24-14-22(27)13-23(16-26)28-24/h5-10,12,22-24,26-27H,2-4,11,13-14,16H2,1H3/t22?,23-,24+/m0/s1. The lowest BCUT2D eigenvalue weighted by molar-refractivity contribution is -0.113. The van der Waals surface area contributed by atoms with Crippen molar-refractivity contribution < 1.29 is 14.9 Å². The molecule has 0 spiro atoms. The summed E-state index contributed by atoms with van der Waals surface area (Å²) in [6.07, 6.45) is 4.05. The predicted octanol–water partition coefficient (Wildman–Crippen LogP) is 4.06. The summed E-state index contributed by atoms with van der Waals surface area (Å²) in [5.74, 6) is 0. The zero-order valence-electron chi connectivity index (χ0n) is 16.5. The number of aryl methyl sites for hydroxylation is 1. The Kier molecular flexibility index (Phi) is 7.22. The minimum Gasteiger partial charge on any atom is -0.394 e. The third-order valence-corrected chi connectivity index (χ3v) is 5.44. The maximum atomic E-state index is 10.1. The van der Waals surface area contributed by atoms with Crippen LogP contribution in [0.5, 0.6) is 0 Å². The number of nitriles is 1. The molecule has 0 aliphatic carbocycles. The number of nitrogens with zero attached hydrogens (tertiary/aromatic N) is 1. The van der Waals surface area contributed by atoms with Crippen molar-refractivity contribution in [2.45, 2.75) is 63.8 Å². The van der Waals surface area contributed by atoms with Crippen LogP contribution in [-0.4, -0.2) is 29.0 Å². The molecule has 2 aromatic carbocycles. The first-order valence-corrected chi connectivity index (χ1v) is 10.2. The van der Waals surface area contributed by atoms with Crippen molar-refractivity contribution >= 4 is 0 Å². The minimum atomic E-state index is -0.481. The Balaban J connectivity index is 1.78. The summed E-state index contributed by atoms with van der Waals surface area (Å²) >= 11 is 0. The number of hydrogen-bond donors (Lipinski definition) is 2. The lowest BCUT2D eigenvalue weighted by atomic mass is 9.92. The molecule has 1 aliphatic heterocycles. The average molecular weight is 380 g/mol. The Morgan fingerprint density at radius 1 is 1.11 bits per heavy atom. The number of unbranched alkanes of at least 4 members (excludes halogenated alkanes) is 1. The molecule has 0 amide bonds. The largest absolute Gasteiger partial charge is 0.394 e. The summed E-state index contributed by atoms with van der Waals surface area (Å²) in [5, 5.41) is 29.0. The number of aliphatic hydroxyl groups excluding tert-OH is 2. The third-order valence-electron chi connectivity index (χ3n) is 5.44. The van der Waals surface area contributed by atoms with E-state index in [1.54, 1.807) is 0 Å². The summed E-state index contributed by atoms with van der Waals surface area (Å²) in [5.41, 5.74) is 5.09. The van der Waals surface area contributed by atoms with Crippen molar-refractivity contribution in [1.82, 2.24) is 0 Å². The highest BCUT2D eigenvalue weighted by molar-refractivity contribution is 5.44. The fourth-order valence-electron chi connectivity index (χ4n) is 3.82. The highest BCUT2D eigenvalue weighted by Gasteiger charge is 2.29. The van der Waals surface area contributed by atoms with Gasteiger partial charge in [-0.3, -0.25) is 0 Å². The SMILES string of the molecule is CCCCc1ccc(Cc2cc([C@H]3CC(O)C[C@@H](CO)O3)ccc2C#N)cc1. The van der Waals surface area contributed by atoms with Crippen LogP contribution in [0.25, 0.3) is 0 Å². The summed E-state index contributed by atoms with van der Waals surface area (Å²) in [7, 11) is 0. The summed E-state index contributed by atoms with van der Waals surface area (Å²) < 4.78 is 5.93. The van der Waals surface area contributed by atoms with Crippen LogP contribution in [0.1, 0.15) is 66.5 Å². The van der Waals surface area contributed by atoms with E-state index in [4.69, 9.17) is 4.74 Å². The smallest absolute Gasteiger partial charge is 0.0994 e. The fraction of sp³-hybridized carbons (Fsp3) is 0.458. The molecule has 2 N–H and O–H groups in total. The molecule has 28 heavy (non-hydrogen) atoms. The molecule has 0 aromatic heterocycles. The molecule has 1 heterocycles. The van der Waals surface area contributed by atoms with Crippen LogP contribution in [-0.2, 0) is 17.6 Å². The zero-order valence-corrected chi connectivity index (χ0v) is 16.5. The molecule has 3 rings (SSSR count). The van der Waals surface area contributed by atoms with Gasteiger partial charge in [0.15, 0.2) is 0 Å². The quantitative estimate of drug-likeness (QED) is 0.761. The van der Waals surface area contributed by atoms with Crippen LogP contribution in [0.4, 0.5) is 0 Å². The van der Waals surface area contributed by atoms with E-state index in [0.717, 1.165) is 17.5 Å². The lowest BCUT2D eigenvalue weighted by Crippen LogP contribution is -2.33. The first kappa shape index (κ1) is 20.5. The molecule has 4 heteroatoms. The van der Waals surface area contributed by atoms with E-state index in [2.05, 4.69) is 37.3 Å². The molecule has 0 radical (unpaired) electrons.